The number of nitrogens with zero attached hydrogens (tertiary/aromatic N) is 4. The van der Waals surface area contributed by atoms with E-state index in [-0.39, 0.29) is 34.4 Å². The van der Waals surface area contributed by atoms with Gasteiger partial charge in [0.1, 0.15) is 17.5 Å². The normalized spacial score (nSPS) is 19.3. The molecular weight excluding hydrogens is 570 g/mol. The standard InChI is InChI=1S/C26H23ClF2N4O4S2/c1-4-21(34)33-13(2)11-31(12-20(33)14(3)39(36)37)25-17-10-18(27)22(16-6-5-15(28)9-19(16)29)24-23(17)32(7-8-38-24)26(35)30-25/h4-6,9-10,13H,1,7-8,11-12H2,2-3H3,(H,36,37)/b20-14-. The Labute approximate surface area is 234 Å². The lowest BCUT2D eigenvalue weighted by Gasteiger charge is -2.42. The second-order valence-electron chi connectivity index (χ2n) is 9.19. The lowest BCUT2D eigenvalue weighted by molar-refractivity contribution is -0.126. The lowest BCUT2D eigenvalue weighted by Crippen LogP contribution is -2.53. The van der Waals surface area contributed by atoms with Crippen molar-refractivity contribution in [3.05, 3.63) is 74.7 Å². The van der Waals surface area contributed by atoms with Crippen LogP contribution in [0.2, 0.25) is 5.02 Å². The summed E-state index contributed by atoms with van der Waals surface area (Å²) < 4.78 is 51.9. The van der Waals surface area contributed by atoms with E-state index in [1.165, 1.54) is 34.2 Å². The lowest BCUT2D eigenvalue weighted by atomic mass is 10.0. The number of thioether (sulfide) groups is 1. The molecule has 5 rings (SSSR count). The van der Waals surface area contributed by atoms with Crippen LogP contribution in [0.1, 0.15) is 13.8 Å². The summed E-state index contributed by atoms with van der Waals surface area (Å²) in [6.07, 6.45) is 1.14. The maximum absolute atomic E-state index is 14.9. The van der Waals surface area contributed by atoms with E-state index < -0.39 is 40.4 Å². The Bertz CT molecular complexity index is 1680. The van der Waals surface area contributed by atoms with Crippen molar-refractivity contribution in [1.29, 1.82) is 0 Å². The third kappa shape index (κ3) is 4.69. The molecule has 0 saturated carbocycles. The van der Waals surface area contributed by atoms with Crippen LogP contribution in [0.4, 0.5) is 14.6 Å². The largest absolute Gasteiger partial charge is 0.350 e. The number of halogens is 3. The number of aryl methyl sites for hydroxylation is 1. The highest BCUT2D eigenvalue weighted by atomic mass is 35.5. The van der Waals surface area contributed by atoms with Crippen molar-refractivity contribution in [2.45, 2.75) is 31.3 Å². The minimum Gasteiger partial charge on any atom is -0.348 e. The Kier molecular flexibility index (Phi) is 7.40. The fourth-order valence-electron chi connectivity index (χ4n) is 5.11. The molecule has 0 spiro atoms. The van der Waals surface area contributed by atoms with E-state index in [1.54, 1.807) is 17.9 Å². The van der Waals surface area contributed by atoms with Gasteiger partial charge in [-0.2, -0.15) is 4.98 Å². The van der Waals surface area contributed by atoms with Gasteiger partial charge in [-0.15, -0.1) is 11.8 Å². The van der Waals surface area contributed by atoms with Crippen molar-refractivity contribution in [2.24, 2.45) is 0 Å². The van der Waals surface area contributed by atoms with Crippen LogP contribution in [-0.4, -0.2) is 54.0 Å². The molecule has 13 heteroatoms. The van der Waals surface area contributed by atoms with Crippen LogP contribution >= 0.6 is 23.4 Å². The first-order valence-corrected chi connectivity index (χ1v) is 14.4. The highest BCUT2D eigenvalue weighted by Crippen LogP contribution is 2.46. The molecule has 2 aliphatic rings. The van der Waals surface area contributed by atoms with Crippen molar-refractivity contribution in [2.75, 3.05) is 23.7 Å². The van der Waals surface area contributed by atoms with Gasteiger partial charge in [0.05, 0.1) is 33.7 Å². The molecule has 2 atom stereocenters. The summed E-state index contributed by atoms with van der Waals surface area (Å²) in [7, 11) is 0. The Balaban J connectivity index is 1.75. The van der Waals surface area contributed by atoms with Crippen molar-refractivity contribution < 1.29 is 22.3 Å². The van der Waals surface area contributed by atoms with Crippen LogP contribution in [0.15, 0.2) is 57.2 Å². The minimum absolute atomic E-state index is 0.0159. The molecule has 0 radical (unpaired) electrons. The first-order chi connectivity index (χ1) is 18.5. The minimum atomic E-state index is -2.34. The molecule has 2 aromatic carbocycles. The number of aromatic nitrogens is 2. The summed E-state index contributed by atoms with van der Waals surface area (Å²) in [5.41, 5.74) is 0.781. The van der Waals surface area contributed by atoms with Crippen molar-refractivity contribution in [3.63, 3.8) is 0 Å². The van der Waals surface area contributed by atoms with Gasteiger partial charge in [-0.3, -0.25) is 9.36 Å². The molecular formula is C26H23ClF2N4O4S2. The molecule has 1 fully saturated rings. The number of rotatable bonds is 4. The Morgan fingerprint density at radius 2 is 2.08 bits per heavy atom. The first kappa shape index (κ1) is 27.5. The van der Waals surface area contributed by atoms with Gasteiger partial charge in [0.15, 0.2) is 11.1 Å². The number of hydrogen-bond acceptors (Lipinski definition) is 6. The fourth-order valence-corrected chi connectivity index (χ4v) is 7.04. The van der Waals surface area contributed by atoms with Gasteiger partial charge in [0, 0.05) is 46.3 Å². The first-order valence-electron chi connectivity index (χ1n) is 11.9. The van der Waals surface area contributed by atoms with Crippen LogP contribution in [0.3, 0.4) is 0 Å². The van der Waals surface area contributed by atoms with Gasteiger partial charge in [0.25, 0.3) is 5.91 Å². The number of hydrogen-bond donors (Lipinski definition) is 1. The van der Waals surface area contributed by atoms with Gasteiger partial charge in [0.2, 0.25) is 0 Å². The maximum Gasteiger partial charge on any atom is 0.350 e. The Morgan fingerprint density at radius 1 is 1.33 bits per heavy atom. The Morgan fingerprint density at radius 3 is 2.74 bits per heavy atom. The van der Waals surface area contributed by atoms with Crippen molar-refractivity contribution in [1.82, 2.24) is 14.5 Å². The predicted octanol–water partition coefficient (Wildman–Crippen LogP) is 4.78. The third-order valence-electron chi connectivity index (χ3n) is 6.85. The van der Waals surface area contributed by atoms with Crippen LogP contribution in [0.25, 0.3) is 22.0 Å². The third-order valence-corrected chi connectivity index (χ3v) is 8.98. The SMILES string of the molecule is C=CC(=O)N1/C(=C(/C)S(=O)O)CN(c2nc(=O)n3c4c(c(-c5ccc(F)cc5F)c(Cl)cc24)SCC3)CC1C. The van der Waals surface area contributed by atoms with Crippen molar-refractivity contribution >= 4 is 57.1 Å². The highest BCUT2D eigenvalue weighted by Gasteiger charge is 2.35. The number of amides is 1. The summed E-state index contributed by atoms with van der Waals surface area (Å²) in [6, 6.07) is 4.40. The zero-order chi connectivity index (χ0) is 28.2. The number of carbonyl (C=O) groups excluding carboxylic acids is 1. The molecule has 1 amide bonds. The molecule has 1 saturated heterocycles. The average Bonchev–Trinajstić information content (AvgIpc) is 2.89. The summed E-state index contributed by atoms with van der Waals surface area (Å²) in [6.45, 7) is 7.42. The van der Waals surface area contributed by atoms with Gasteiger partial charge in [-0.05, 0) is 38.1 Å². The van der Waals surface area contributed by atoms with Crippen LogP contribution in [0.5, 0.6) is 0 Å². The molecule has 0 bridgehead atoms. The zero-order valence-corrected chi connectivity index (χ0v) is 23.3. The Hall–Kier alpha value is -3.06. The average molecular weight is 593 g/mol. The van der Waals surface area contributed by atoms with Crippen LogP contribution < -0.4 is 10.6 Å². The van der Waals surface area contributed by atoms with E-state index in [1.807, 2.05) is 0 Å². The van der Waals surface area contributed by atoms with E-state index in [0.29, 0.717) is 39.4 Å². The summed E-state index contributed by atoms with van der Waals surface area (Å²) >= 11 is 5.81. The highest BCUT2D eigenvalue weighted by molar-refractivity contribution is 7.99. The molecule has 39 heavy (non-hydrogen) atoms. The maximum atomic E-state index is 14.9. The van der Waals surface area contributed by atoms with E-state index in [4.69, 9.17) is 11.6 Å². The summed E-state index contributed by atoms with van der Waals surface area (Å²) in [4.78, 5) is 34.1. The monoisotopic (exact) mass is 592 g/mol. The number of carbonyl (C=O) groups is 1. The van der Waals surface area contributed by atoms with Gasteiger partial charge >= 0.3 is 5.69 Å². The van der Waals surface area contributed by atoms with Gasteiger partial charge in [-0.25, -0.2) is 17.8 Å². The predicted molar refractivity (Wildman–Crippen MR) is 149 cm³/mol. The molecule has 1 N–H and O–H groups in total. The summed E-state index contributed by atoms with van der Waals surface area (Å²) in [5.74, 6) is -1.11. The van der Waals surface area contributed by atoms with Gasteiger partial charge in [-0.1, -0.05) is 18.2 Å². The number of piperazine rings is 1. The number of anilines is 1. The molecule has 204 valence electrons. The van der Waals surface area contributed by atoms with E-state index >= 15 is 0 Å². The number of benzene rings is 2. The van der Waals surface area contributed by atoms with Crippen LogP contribution in [-0.2, 0) is 22.4 Å². The smallest absolute Gasteiger partial charge is 0.348 e. The van der Waals surface area contributed by atoms with Crippen LogP contribution in [0, 0.1) is 11.6 Å². The van der Waals surface area contributed by atoms with E-state index in [2.05, 4.69) is 11.6 Å². The molecule has 1 aromatic heterocycles. The second kappa shape index (κ2) is 10.5. The fraction of sp³-hybridized carbons (Fsp3) is 0.269. The zero-order valence-electron chi connectivity index (χ0n) is 20.9. The second-order valence-corrected chi connectivity index (χ2v) is 11.8. The molecule has 8 nitrogen and oxygen atoms in total. The summed E-state index contributed by atoms with van der Waals surface area (Å²) in [5, 5.41) is 0.730. The molecule has 2 aliphatic heterocycles. The van der Waals surface area contributed by atoms with Gasteiger partial charge < -0.3 is 14.4 Å². The molecule has 0 aliphatic carbocycles. The van der Waals surface area contributed by atoms with Crippen molar-refractivity contribution in [3.8, 4) is 11.1 Å². The van der Waals surface area contributed by atoms with E-state index in [9.17, 15) is 27.1 Å². The molecule has 2 unspecified atom stereocenters. The quantitative estimate of drug-likeness (QED) is 0.344. The molecule has 3 aromatic rings. The molecule has 3 heterocycles. The van der Waals surface area contributed by atoms with E-state index in [0.717, 1.165) is 18.2 Å². The number of allylic oxidation sites excluding steroid dienone is 1. The topological polar surface area (TPSA) is 95.7 Å².